The van der Waals surface area contributed by atoms with E-state index in [9.17, 15) is 0 Å². The van der Waals surface area contributed by atoms with Crippen molar-refractivity contribution in [3.63, 3.8) is 0 Å². The van der Waals surface area contributed by atoms with Crippen LogP contribution in [0, 0.1) is 0 Å². The molecule has 5 rings (SSSR count). The van der Waals surface area contributed by atoms with Crippen LogP contribution in [0.25, 0.3) is 16.7 Å². The molecular formula is C20H18Cl2N4O. The predicted octanol–water partition coefficient (Wildman–Crippen LogP) is 5.16. The maximum absolute atomic E-state index is 6.05. The number of nitrogens with zero attached hydrogens (tertiary/aromatic N) is 4. The van der Waals surface area contributed by atoms with Gasteiger partial charge in [-0.3, -0.25) is 4.90 Å². The molecule has 138 valence electrons. The van der Waals surface area contributed by atoms with E-state index in [-0.39, 0.29) is 0 Å². The number of fused-ring (bicyclic) bond motifs is 2. The van der Waals surface area contributed by atoms with E-state index in [0.29, 0.717) is 16.0 Å². The van der Waals surface area contributed by atoms with Crippen LogP contribution >= 0.6 is 23.2 Å². The van der Waals surface area contributed by atoms with E-state index in [4.69, 9.17) is 27.6 Å². The number of likely N-dealkylation sites (tertiary alicyclic amines) is 1. The molecule has 0 atom stereocenters. The van der Waals surface area contributed by atoms with Crippen LogP contribution < -0.4 is 0 Å². The molecule has 0 spiro atoms. The molecule has 0 bridgehead atoms. The van der Waals surface area contributed by atoms with E-state index in [2.05, 4.69) is 21.1 Å². The number of oxazole rings is 1. The standard InChI is InChI=1S/C20H18Cl2N4O/c21-14-1-3-18-17(9-14)24-20(27-18)13-5-7-25(8-6-13)11-16-12-26-10-15(22)2-4-19(26)23-16/h1-4,9-10,12-13H,5-8,11H2. The fourth-order valence-electron chi connectivity index (χ4n) is 3.75. The van der Waals surface area contributed by atoms with Gasteiger partial charge in [-0.05, 0) is 56.3 Å². The molecule has 7 heteroatoms. The molecule has 3 aromatic heterocycles. The van der Waals surface area contributed by atoms with E-state index in [1.807, 2.05) is 40.9 Å². The van der Waals surface area contributed by atoms with Gasteiger partial charge in [-0.1, -0.05) is 23.2 Å². The zero-order chi connectivity index (χ0) is 18.4. The van der Waals surface area contributed by atoms with Gasteiger partial charge in [-0.15, -0.1) is 0 Å². The Bertz CT molecular complexity index is 1110. The van der Waals surface area contributed by atoms with Crippen molar-refractivity contribution >= 4 is 39.9 Å². The van der Waals surface area contributed by atoms with Crippen molar-refractivity contribution in [2.24, 2.45) is 0 Å². The maximum atomic E-state index is 6.05. The summed E-state index contributed by atoms with van der Waals surface area (Å²) in [5.41, 5.74) is 3.63. The van der Waals surface area contributed by atoms with Crippen LogP contribution in [0.4, 0.5) is 0 Å². The van der Waals surface area contributed by atoms with Gasteiger partial charge in [0.1, 0.15) is 11.2 Å². The highest BCUT2D eigenvalue weighted by molar-refractivity contribution is 6.31. The Labute approximate surface area is 166 Å². The fourth-order valence-corrected chi connectivity index (χ4v) is 4.09. The lowest BCUT2D eigenvalue weighted by Gasteiger charge is -2.29. The molecule has 27 heavy (non-hydrogen) atoms. The molecule has 4 heterocycles. The normalized spacial score (nSPS) is 16.5. The first kappa shape index (κ1) is 17.0. The number of hydrogen-bond donors (Lipinski definition) is 0. The Kier molecular flexibility index (Phi) is 4.31. The molecule has 0 aliphatic carbocycles. The number of imidazole rings is 1. The summed E-state index contributed by atoms with van der Waals surface area (Å²) >= 11 is 12.1. The zero-order valence-electron chi connectivity index (χ0n) is 14.6. The largest absolute Gasteiger partial charge is 0.440 e. The van der Waals surface area contributed by atoms with Crippen molar-refractivity contribution in [3.8, 4) is 0 Å². The third kappa shape index (κ3) is 3.43. The second-order valence-corrected chi connectivity index (χ2v) is 7.93. The molecule has 5 nitrogen and oxygen atoms in total. The van der Waals surface area contributed by atoms with Gasteiger partial charge in [0.25, 0.3) is 0 Å². The Balaban J connectivity index is 1.26. The zero-order valence-corrected chi connectivity index (χ0v) is 16.1. The van der Waals surface area contributed by atoms with Crippen LogP contribution in [0.2, 0.25) is 10.0 Å². The molecule has 1 aliphatic heterocycles. The summed E-state index contributed by atoms with van der Waals surface area (Å²) in [4.78, 5) is 11.8. The number of benzene rings is 1. The lowest BCUT2D eigenvalue weighted by Crippen LogP contribution is -2.32. The SMILES string of the molecule is Clc1ccc2oc(C3CCN(Cc4cn5cc(Cl)ccc5n4)CC3)nc2c1. The number of rotatable bonds is 3. The number of piperidine rings is 1. The fraction of sp³-hybridized carbons (Fsp3) is 0.300. The van der Waals surface area contributed by atoms with Crippen molar-refractivity contribution in [1.29, 1.82) is 0 Å². The second-order valence-electron chi connectivity index (χ2n) is 7.06. The van der Waals surface area contributed by atoms with Crippen molar-refractivity contribution in [1.82, 2.24) is 19.3 Å². The first-order chi connectivity index (χ1) is 13.1. The van der Waals surface area contributed by atoms with E-state index in [1.54, 1.807) is 0 Å². The molecule has 0 N–H and O–H groups in total. The smallest absolute Gasteiger partial charge is 0.198 e. The van der Waals surface area contributed by atoms with E-state index >= 15 is 0 Å². The maximum Gasteiger partial charge on any atom is 0.198 e. The van der Waals surface area contributed by atoms with Gasteiger partial charge in [-0.2, -0.15) is 0 Å². The average molecular weight is 401 g/mol. The molecule has 0 radical (unpaired) electrons. The van der Waals surface area contributed by atoms with Crippen LogP contribution in [0.1, 0.15) is 30.3 Å². The third-order valence-electron chi connectivity index (χ3n) is 5.15. The molecule has 1 aliphatic rings. The predicted molar refractivity (Wildman–Crippen MR) is 106 cm³/mol. The van der Waals surface area contributed by atoms with Crippen molar-refractivity contribution in [2.45, 2.75) is 25.3 Å². The first-order valence-electron chi connectivity index (χ1n) is 9.05. The monoisotopic (exact) mass is 400 g/mol. The summed E-state index contributed by atoms with van der Waals surface area (Å²) in [6.45, 7) is 2.84. The van der Waals surface area contributed by atoms with Crippen LogP contribution in [-0.4, -0.2) is 32.4 Å². The summed E-state index contributed by atoms with van der Waals surface area (Å²) in [5, 5.41) is 1.40. The summed E-state index contributed by atoms with van der Waals surface area (Å²) < 4.78 is 7.93. The van der Waals surface area contributed by atoms with E-state index in [0.717, 1.165) is 60.8 Å². The highest BCUT2D eigenvalue weighted by Crippen LogP contribution is 2.31. The summed E-state index contributed by atoms with van der Waals surface area (Å²) in [7, 11) is 0. The van der Waals surface area contributed by atoms with Gasteiger partial charge < -0.3 is 8.82 Å². The molecular weight excluding hydrogens is 383 g/mol. The van der Waals surface area contributed by atoms with Crippen LogP contribution in [0.3, 0.4) is 0 Å². The lowest BCUT2D eigenvalue weighted by molar-refractivity contribution is 0.192. The van der Waals surface area contributed by atoms with Crippen molar-refractivity contribution in [2.75, 3.05) is 13.1 Å². The Hall–Kier alpha value is -2.08. The highest BCUT2D eigenvalue weighted by atomic mass is 35.5. The third-order valence-corrected chi connectivity index (χ3v) is 5.61. The minimum Gasteiger partial charge on any atom is -0.440 e. The Morgan fingerprint density at radius 2 is 1.81 bits per heavy atom. The molecule has 1 aromatic carbocycles. The molecule has 0 unspecified atom stereocenters. The molecule has 1 fully saturated rings. The number of aromatic nitrogens is 3. The van der Waals surface area contributed by atoms with Crippen molar-refractivity contribution < 1.29 is 4.42 Å². The highest BCUT2D eigenvalue weighted by Gasteiger charge is 2.25. The van der Waals surface area contributed by atoms with Gasteiger partial charge in [0.05, 0.1) is 10.7 Å². The summed E-state index contributed by atoms with van der Waals surface area (Å²) in [6.07, 6.45) is 6.00. The van der Waals surface area contributed by atoms with E-state index < -0.39 is 0 Å². The van der Waals surface area contributed by atoms with Crippen LogP contribution in [0.5, 0.6) is 0 Å². The second kappa shape index (κ2) is 6.82. The van der Waals surface area contributed by atoms with Gasteiger partial charge in [0, 0.05) is 29.9 Å². The van der Waals surface area contributed by atoms with Gasteiger partial charge in [0.15, 0.2) is 11.5 Å². The number of hydrogen-bond acceptors (Lipinski definition) is 4. The number of halogens is 2. The first-order valence-corrected chi connectivity index (χ1v) is 9.81. The molecule has 0 amide bonds. The minimum absolute atomic E-state index is 0.354. The van der Waals surface area contributed by atoms with Crippen LogP contribution in [-0.2, 0) is 6.54 Å². The van der Waals surface area contributed by atoms with E-state index in [1.165, 1.54) is 0 Å². The topological polar surface area (TPSA) is 46.6 Å². The minimum atomic E-state index is 0.354. The van der Waals surface area contributed by atoms with Crippen LogP contribution in [0.15, 0.2) is 47.1 Å². The molecule has 0 saturated carbocycles. The Morgan fingerprint density at radius 1 is 1.00 bits per heavy atom. The molecule has 1 saturated heterocycles. The van der Waals surface area contributed by atoms with Gasteiger partial charge >= 0.3 is 0 Å². The molecule has 4 aromatic rings. The average Bonchev–Trinajstić information content (AvgIpc) is 3.25. The lowest BCUT2D eigenvalue weighted by atomic mass is 9.97. The summed E-state index contributed by atoms with van der Waals surface area (Å²) in [5.74, 6) is 1.18. The van der Waals surface area contributed by atoms with Crippen molar-refractivity contribution in [3.05, 3.63) is 64.4 Å². The number of pyridine rings is 1. The van der Waals surface area contributed by atoms with Gasteiger partial charge in [0.2, 0.25) is 0 Å². The van der Waals surface area contributed by atoms with Gasteiger partial charge in [-0.25, -0.2) is 9.97 Å². The quantitative estimate of drug-likeness (QED) is 0.476. The summed E-state index contributed by atoms with van der Waals surface area (Å²) in [6, 6.07) is 9.39. The Morgan fingerprint density at radius 3 is 2.67 bits per heavy atom.